The number of hydrogen-bond acceptors (Lipinski definition) is 3. The number of rotatable bonds is 3. The average Bonchev–Trinajstić information content (AvgIpc) is 2.75. The van der Waals surface area contributed by atoms with Gasteiger partial charge in [0.25, 0.3) is 0 Å². The first kappa shape index (κ1) is 12.8. The molecule has 0 bridgehead atoms. The van der Waals surface area contributed by atoms with Crippen molar-refractivity contribution < 1.29 is 4.74 Å². The fourth-order valence-corrected chi connectivity index (χ4v) is 3.26. The van der Waals surface area contributed by atoms with E-state index >= 15 is 0 Å². The summed E-state index contributed by atoms with van der Waals surface area (Å²) in [6, 6.07) is 2.46. The number of ether oxygens (including phenoxy) is 1. The molecule has 3 nitrogen and oxygen atoms in total. The Morgan fingerprint density at radius 3 is 3.29 bits per heavy atom. The fourth-order valence-electron chi connectivity index (χ4n) is 2.02. The summed E-state index contributed by atoms with van der Waals surface area (Å²) in [4.78, 5) is 3.74. The highest BCUT2D eigenvalue weighted by Gasteiger charge is 2.19. The lowest BCUT2D eigenvalue weighted by Gasteiger charge is -2.31. The molecule has 17 heavy (non-hydrogen) atoms. The Hall–Kier alpha value is -0.650. The van der Waals surface area contributed by atoms with E-state index in [0.29, 0.717) is 6.61 Å². The highest BCUT2D eigenvalue weighted by atomic mass is 32.1. The maximum absolute atomic E-state index is 5.43. The first-order chi connectivity index (χ1) is 8.20. The Kier molecular flexibility index (Phi) is 4.36. The van der Waals surface area contributed by atoms with Crippen LogP contribution in [0.25, 0.3) is 0 Å². The second-order valence-electron chi connectivity index (χ2n) is 4.35. The summed E-state index contributed by atoms with van der Waals surface area (Å²) in [5.41, 5.74) is 1.42. The Labute approximate surface area is 112 Å². The van der Waals surface area contributed by atoms with Gasteiger partial charge in [-0.2, -0.15) is 0 Å². The van der Waals surface area contributed by atoms with Crippen molar-refractivity contribution in [1.29, 1.82) is 0 Å². The summed E-state index contributed by atoms with van der Waals surface area (Å²) in [6.45, 7) is 4.71. The summed E-state index contributed by atoms with van der Waals surface area (Å²) in [5.74, 6) is 0. The molecule has 1 aliphatic heterocycles. The van der Waals surface area contributed by atoms with Crippen LogP contribution >= 0.6 is 23.6 Å². The van der Waals surface area contributed by atoms with Crippen molar-refractivity contribution in [3.63, 3.8) is 0 Å². The molecule has 0 spiro atoms. The molecule has 2 rings (SSSR count). The van der Waals surface area contributed by atoms with Crippen molar-refractivity contribution in [2.75, 3.05) is 20.3 Å². The molecule has 0 fully saturated rings. The van der Waals surface area contributed by atoms with Crippen LogP contribution < -0.4 is 5.32 Å². The van der Waals surface area contributed by atoms with E-state index in [0.717, 1.165) is 24.6 Å². The number of hydrogen-bond donors (Lipinski definition) is 1. The monoisotopic (exact) mass is 270 g/mol. The van der Waals surface area contributed by atoms with Gasteiger partial charge in [-0.3, -0.25) is 0 Å². The third kappa shape index (κ3) is 3.18. The van der Waals surface area contributed by atoms with E-state index in [1.54, 1.807) is 7.11 Å². The molecule has 0 amide bonds. The van der Waals surface area contributed by atoms with Gasteiger partial charge >= 0.3 is 0 Å². The number of nitrogens with one attached hydrogen (secondary N) is 1. The first-order valence-electron chi connectivity index (χ1n) is 5.80. The quantitative estimate of drug-likeness (QED) is 0.849. The van der Waals surface area contributed by atoms with Gasteiger partial charge in [0.15, 0.2) is 5.11 Å². The van der Waals surface area contributed by atoms with Crippen molar-refractivity contribution >= 4 is 28.7 Å². The van der Waals surface area contributed by atoms with Crippen molar-refractivity contribution in [3.8, 4) is 0 Å². The van der Waals surface area contributed by atoms with E-state index in [-0.39, 0.29) is 6.04 Å². The number of methoxy groups -OCH3 is 1. The molecule has 0 saturated heterocycles. The van der Waals surface area contributed by atoms with Gasteiger partial charge in [0.2, 0.25) is 0 Å². The Morgan fingerprint density at radius 1 is 1.71 bits per heavy atom. The largest absolute Gasteiger partial charge is 0.383 e. The molecule has 1 atom stereocenters. The molecule has 1 unspecified atom stereocenters. The standard InChI is InChI=1S/C12H18N2OS2/c1-9(8-15-2)13-12(16)14-5-3-11-10(7-14)4-6-17-11/h4,6,9H,3,5,7-8H2,1-2H3,(H,13,16). The summed E-state index contributed by atoms with van der Waals surface area (Å²) < 4.78 is 5.10. The molecule has 1 aromatic rings. The van der Waals surface area contributed by atoms with Crippen LogP contribution in [0, 0.1) is 0 Å². The van der Waals surface area contributed by atoms with Gasteiger partial charge in [0, 0.05) is 31.1 Å². The molecule has 1 N–H and O–H groups in total. The van der Waals surface area contributed by atoms with E-state index in [1.807, 2.05) is 11.3 Å². The van der Waals surface area contributed by atoms with Crippen LogP contribution in [0.1, 0.15) is 17.4 Å². The van der Waals surface area contributed by atoms with Gasteiger partial charge in [-0.05, 0) is 42.6 Å². The number of thiocarbonyl (C=S) groups is 1. The lowest BCUT2D eigenvalue weighted by molar-refractivity contribution is 0.177. The number of nitrogens with zero attached hydrogens (tertiary/aromatic N) is 1. The predicted molar refractivity (Wildman–Crippen MR) is 75.5 cm³/mol. The Balaban J connectivity index is 1.90. The number of fused-ring (bicyclic) bond motifs is 1. The SMILES string of the molecule is COCC(C)NC(=S)N1CCc2sccc2C1. The van der Waals surface area contributed by atoms with Crippen molar-refractivity contribution in [1.82, 2.24) is 10.2 Å². The van der Waals surface area contributed by atoms with E-state index in [2.05, 4.69) is 28.6 Å². The van der Waals surface area contributed by atoms with Crippen LogP contribution in [0.3, 0.4) is 0 Å². The summed E-state index contributed by atoms with van der Waals surface area (Å²) in [6.07, 6.45) is 1.10. The van der Waals surface area contributed by atoms with E-state index in [4.69, 9.17) is 17.0 Å². The Morgan fingerprint density at radius 2 is 2.53 bits per heavy atom. The van der Waals surface area contributed by atoms with Gasteiger partial charge < -0.3 is 15.0 Å². The van der Waals surface area contributed by atoms with Crippen LogP contribution in [0.2, 0.25) is 0 Å². The van der Waals surface area contributed by atoms with Crippen LogP contribution in [-0.4, -0.2) is 36.3 Å². The van der Waals surface area contributed by atoms with E-state index in [9.17, 15) is 0 Å². The average molecular weight is 270 g/mol. The van der Waals surface area contributed by atoms with Crippen LogP contribution in [0.15, 0.2) is 11.4 Å². The van der Waals surface area contributed by atoms with Gasteiger partial charge in [-0.1, -0.05) is 0 Å². The molecule has 0 aliphatic carbocycles. The molecule has 94 valence electrons. The van der Waals surface area contributed by atoms with Crippen LogP contribution in [-0.2, 0) is 17.7 Å². The predicted octanol–water partition coefficient (Wildman–Crippen LogP) is 2.02. The zero-order chi connectivity index (χ0) is 12.3. The lowest BCUT2D eigenvalue weighted by atomic mass is 10.1. The third-order valence-corrected chi connectivity index (χ3v) is 4.28. The summed E-state index contributed by atoms with van der Waals surface area (Å²) in [5, 5.41) is 6.31. The maximum atomic E-state index is 5.43. The van der Waals surface area contributed by atoms with Crippen molar-refractivity contribution in [2.24, 2.45) is 0 Å². The normalized spacial score (nSPS) is 16.5. The molecule has 0 radical (unpaired) electrons. The second-order valence-corrected chi connectivity index (χ2v) is 5.73. The molecule has 0 aromatic carbocycles. The van der Waals surface area contributed by atoms with Crippen LogP contribution in [0.4, 0.5) is 0 Å². The summed E-state index contributed by atoms with van der Waals surface area (Å²) >= 11 is 7.28. The van der Waals surface area contributed by atoms with E-state index < -0.39 is 0 Å². The lowest BCUT2D eigenvalue weighted by Crippen LogP contribution is -2.46. The third-order valence-electron chi connectivity index (χ3n) is 2.88. The minimum atomic E-state index is 0.261. The highest BCUT2D eigenvalue weighted by Crippen LogP contribution is 2.23. The smallest absolute Gasteiger partial charge is 0.169 e. The highest BCUT2D eigenvalue weighted by molar-refractivity contribution is 7.80. The van der Waals surface area contributed by atoms with Gasteiger partial charge in [-0.25, -0.2) is 0 Å². The minimum Gasteiger partial charge on any atom is -0.383 e. The second kappa shape index (κ2) is 5.80. The molecular formula is C12H18N2OS2. The molecule has 1 aromatic heterocycles. The van der Waals surface area contributed by atoms with Gasteiger partial charge in [0.05, 0.1) is 6.61 Å². The minimum absolute atomic E-state index is 0.261. The first-order valence-corrected chi connectivity index (χ1v) is 7.09. The topological polar surface area (TPSA) is 24.5 Å². The molecule has 1 aliphatic rings. The summed E-state index contributed by atoms with van der Waals surface area (Å²) in [7, 11) is 1.71. The van der Waals surface area contributed by atoms with Crippen molar-refractivity contribution in [3.05, 3.63) is 21.9 Å². The Bertz CT molecular complexity index is 392. The molecule has 2 heterocycles. The van der Waals surface area contributed by atoms with E-state index in [1.165, 1.54) is 10.4 Å². The molecular weight excluding hydrogens is 252 g/mol. The molecule has 5 heteroatoms. The maximum Gasteiger partial charge on any atom is 0.169 e. The fraction of sp³-hybridized carbons (Fsp3) is 0.583. The number of thiophene rings is 1. The van der Waals surface area contributed by atoms with Crippen LogP contribution in [0.5, 0.6) is 0 Å². The zero-order valence-corrected chi connectivity index (χ0v) is 11.9. The van der Waals surface area contributed by atoms with Crippen molar-refractivity contribution in [2.45, 2.75) is 25.9 Å². The molecule has 0 saturated carbocycles. The van der Waals surface area contributed by atoms with Gasteiger partial charge in [-0.15, -0.1) is 11.3 Å². The zero-order valence-electron chi connectivity index (χ0n) is 10.2. The van der Waals surface area contributed by atoms with Gasteiger partial charge in [0.1, 0.15) is 0 Å².